The predicted octanol–water partition coefficient (Wildman–Crippen LogP) is 5.90. The quantitative estimate of drug-likeness (QED) is 0.370. The first-order chi connectivity index (χ1) is 18.6. The lowest BCUT2D eigenvalue weighted by Gasteiger charge is -2.28. The van der Waals surface area contributed by atoms with E-state index in [0.717, 1.165) is 42.3 Å². The first-order valence-electron chi connectivity index (χ1n) is 13.1. The third-order valence-electron chi connectivity index (χ3n) is 7.35. The fraction of sp³-hybridized carbons (Fsp3) is 0.333. The van der Waals surface area contributed by atoms with E-state index in [2.05, 4.69) is 10.6 Å². The lowest BCUT2D eigenvalue weighted by atomic mass is 10.0. The Balaban J connectivity index is 1.36. The first kappa shape index (κ1) is 26.6. The summed E-state index contributed by atoms with van der Waals surface area (Å²) in [7, 11) is 0. The Morgan fingerprint density at radius 2 is 1.72 bits per heavy atom. The van der Waals surface area contributed by atoms with Crippen molar-refractivity contribution in [2.45, 2.75) is 51.8 Å². The molecule has 5 rings (SSSR count). The van der Waals surface area contributed by atoms with Gasteiger partial charge >= 0.3 is 6.03 Å². The average molecular weight is 535 g/mol. The van der Waals surface area contributed by atoms with Crippen molar-refractivity contribution in [2.75, 3.05) is 23.3 Å². The summed E-state index contributed by atoms with van der Waals surface area (Å²) in [5.41, 5.74) is 1.32. The lowest BCUT2D eigenvalue weighted by molar-refractivity contribution is -0.123. The highest BCUT2D eigenvalue weighted by molar-refractivity contribution is 6.23. The third kappa shape index (κ3) is 5.45. The summed E-state index contributed by atoms with van der Waals surface area (Å²) in [4.78, 5) is 29.3. The molecule has 39 heavy (non-hydrogen) atoms. The van der Waals surface area contributed by atoms with Crippen LogP contribution in [0.25, 0.3) is 0 Å². The van der Waals surface area contributed by atoms with Crippen molar-refractivity contribution in [1.29, 1.82) is 0 Å². The van der Waals surface area contributed by atoms with Crippen molar-refractivity contribution in [3.63, 3.8) is 0 Å². The molecule has 0 bridgehead atoms. The number of hydrogen-bond acceptors (Lipinski definition) is 5. The normalized spacial score (nSPS) is 17.6. The van der Waals surface area contributed by atoms with Crippen LogP contribution in [0.4, 0.5) is 30.6 Å². The van der Waals surface area contributed by atoms with Crippen LogP contribution in [0.2, 0.25) is 0 Å². The van der Waals surface area contributed by atoms with Crippen molar-refractivity contribution in [1.82, 2.24) is 10.2 Å². The van der Waals surface area contributed by atoms with Crippen LogP contribution in [0.5, 0.6) is 5.75 Å². The molecule has 2 aliphatic heterocycles. The Morgan fingerprint density at radius 1 is 1.00 bits per heavy atom. The van der Waals surface area contributed by atoms with Gasteiger partial charge < -0.3 is 20.3 Å². The second-order valence-electron chi connectivity index (χ2n) is 10.5. The van der Waals surface area contributed by atoms with Crippen LogP contribution in [-0.4, -0.2) is 41.6 Å². The minimum Gasteiger partial charge on any atom is -0.490 e. The van der Waals surface area contributed by atoms with E-state index in [1.165, 1.54) is 35.2 Å². The van der Waals surface area contributed by atoms with Gasteiger partial charge in [-0.25, -0.2) is 18.5 Å². The molecular formula is C30H32F2N4O3. The van der Waals surface area contributed by atoms with Gasteiger partial charge in [-0.05, 0) is 112 Å². The Kier molecular flexibility index (Phi) is 7.27. The number of carbonyl (C=O) groups is 2. The molecule has 3 aromatic rings. The van der Waals surface area contributed by atoms with Crippen LogP contribution >= 0.6 is 0 Å². The average Bonchev–Trinajstić information content (AvgIpc) is 3.08. The topological polar surface area (TPSA) is 73.9 Å². The van der Waals surface area contributed by atoms with E-state index in [4.69, 9.17) is 4.74 Å². The van der Waals surface area contributed by atoms with E-state index in [9.17, 15) is 18.4 Å². The molecule has 7 nitrogen and oxygen atoms in total. The van der Waals surface area contributed by atoms with Gasteiger partial charge in [0, 0.05) is 11.4 Å². The molecule has 0 radical (unpaired) electrons. The SMILES string of the molecule is Cc1cc(N2C(=O)N(Cc3ccc(F)cc3Nc3ccc(OC4CCNCC4)cc3)C(C)(C)C2=O)ccc1F. The maximum atomic E-state index is 14.3. The van der Waals surface area contributed by atoms with Gasteiger partial charge in [0.05, 0.1) is 12.2 Å². The highest BCUT2D eigenvalue weighted by Crippen LogP contribution is 2.35. The summed E-state index contributed by atoms with van der Waals surface area (Å²) in [5.74, 6) is -0.495. The highest BCUT2D eigenvalue weighted by Gasteiger charge is 2.52. The second-order valence-corrected chi connectivity index (χ2v) is 10.5. The Morgan fingerprint density at radius 3 is 2.41 bits per heavy atom. The molecule has 2 heterocycles. The molecular weight excluding hydrogens is 502 g/mol. The molecule has 3 aromatic carbocycles. The molecule has 2 saturated heterocycles. The maximum Gasteiger partial charge on any atom is 0.332 e. The zero-order valence-corrected chi connectivity index (χ0v) is 22.3. The van der Waals surface area contributed by atoms with Gasteiger partial charge in [-0.2, -0.15) is 0 Å². The van der Waals surface area contributed by atoms with Crippen molar-refractivity contribution in [3.8, 4) is 5.75 Å². The number of aryl methyl sites for hydroxylation is 1. The number of halogens is 2. The molecule has 204 valence electrons. The highest BCUT2D eigenvalue weighted by atomic mass is 19.1. The number of piperidine rings is 1. The molecule has 0 aromatic heterocycles. The third-order valence-corrected chi connectivity index (χ3v) is 7.35. The monoisotopic (exact) mass is 534 g/mol. The number of benzene rings is 3. The van der Waals surface area contributed by atoms with E-state index >= 15 is 0 Å². The zero-order valence-electron chi connectivity index (χ0n) is 22.3. The molecule has 3 amide bonds. The number of nitrogens with zero attached hydrogens (tertiary/aromatic N) is 2. The lowest BCUT2D eigenvalue weighted by Crippen LogP contribution is -2.43. The smallest absolute Gasteiger partial charge is 0.332 e. The summed E-state index contributed by atoms with van der Waals surface area (Å²) in [5, 5.41) is 6.56. The number of urea groups is 1. The summed E-state index contributed by atoms with van der Waals surface area (Å²) < 4.78 is 34.2. The van der Waals surface area contributed by atoms with Crippen molar-refractivity contribution in [3.05, 3.63) is 83.4 Å². The van der Waals surface area contributed by atoms with Gasteiger partial charge in [0.25, 0.3) is 5.91 Å². The molecule has 2 fully saturated rings. The molecule has 0 saturated carbocycles. The first-order valence-corrected chi connectivity index (χ1v) is 13.1. The molecule has 2 aliphatic rings. The number of ether oxygens (including phenoxy) is 1. The number of hydrogen-bond donors (Lipinski definition) is 2. The summed E-state index contributed by atoms with van der Waals surface area (Å²) in [6, 6.07) is 15.4. The van der Waals surface area contributed by atoms with Crippen LogP contribution in [0.3, 0.4) is 0 Å². The van der Waals surface area contributed by atoms with Crippen LogP contribution in [0.15, 0.2) is 60.7 Å². The summed E-state index contributed by atoms with van der Waals surface area (Å²) >= 11 is 0. The fourth-order valence-corrected chi connectivity index (χ4v) is 4.95. The van der Waals surface area contributed by atoms with E-state index < -0.39 is 29.1 Å². The van der Waals surface area contributed by atoms with Gasteiger partial charge in [-0.3, -0.25) is 4.79 Å². The van der Waals surface area contributed by atoms with Crippen molar-refractivity contribution < 1.29 is 23.1 Å². The molecule has 0 spiro atoms. The number of nitrogens with one attached hydrogen (secondary N) is 2. The van der Waals surface area contributed by atoms with Crippen LogP contribution in [0, 0.1) is 18.6 Å². The van der Waals surface area contributed by atoms with E-state index in [1.54, 1.807) is 26.8 Å². The minimum absolute atomic E-state index is 0.0633. The number of carbonyl (C=O) groups excluding carboxylic acids is 2. The van der Waals surface area contributed by atoms with Crippen LogP contribution in [0.1, 0.15) is 37.8 Å². The van der Waals surface area contributed by atoms with Gasteiger partial charge in [0.2, 0.25) is 0 Å². The molecule has 0 aliphatic carbocycles. The zero-order chi connectivity index (χ0) is 27.7. The fourth-order valence-electron chi connectivity index (χ4n) is 4.95. The number of imide groups is 1. The van der Waals surface area contributed by atoms with Crippen LogP contribution < -0.4 is 20.3 Å². The van der Waals surface area contributed by atoms with E-state index in [-0.39, 0.29) is 12.6 Å². The molecule has 2 N–H and O–H groups in total. The van der Waals surface area contributed by atoms with Gasteiger partial charge in [0.1, 0.15) is 29.0 Å². The summed E-state index contributed by atoms with van der Waals surface area (Å²) in [6.07, 6.45) is 2.10. The number of anilines is 3. The van der Waals surface area contributed by atoms with Crippen molar-refractivity contribution in [2.24, 2.45) is 0 Å². The molecule has 9 heteroatoms. The van der Waals surface area contributed by atoms with Gasteiger partial charge in [-0.1, -0.05) is 6.07 Å². The maximum absolute atomic E-state index is 14.3. The van der Waals surface area contributed by atoms with E-state index in [0.29, 0.717) is 22.5 Å². The van der Waals surface area contributed by atoms with E-state index in [1.807, 2.05) is 24.3 Å². The number of amides is 3. The van der Waals surface area contributed by atoms with Crippen molar-refractivity contribution >= 4 is 29.0 Å². The number of rotatable bonds is 7. The predicted molar refractivity (Wildman–Crippen MR) is 146 cm³/mol. The Labute approximate surface area is 226 Å². The van der Waals surface area contributed by atoms with Crippen LogP contribution in [-0.2, 0) is 11.3 Å². The minimum atomic E-state index is -1.17. The largest absolute Gasteiger partial charge is 0.490 e. The standard InChI is InChI=1S/C30H32F2N4O3/c1-19-16-23(8-11-26(19)32)36-28(37)30(2,3)35(29(36)38)18-20-4-5-21(31)17-27(20)34-22-6-9-24(10-7-22)39-25-12-14-33-15-13-25/h4-11,16-17,25,33-34H,12-15,18H2,1-3H3. The Hall–Kier alpha value is -3.98. The second kappa shape index (κ2) is 10.6. The summed E-state index contributed by atoms with van der Waals surface area (Å²) in [6.45, 7) is 6.86. The van der Waals surface area contributed by atoms with Gasteiger partial charge in [0.15, 0.2) is 0 Å². The molecule has 0 unspecified atom stereocenters. The molecule has 0 atom stereocenters. The Bertz CT molecular complexity index is 1390. The van der Waals surface area contributed by atoms with Gasteiger partial charge in [-0.15, -0.1) is 0 Å².